The Balaban J connectivity index is 1.45. The van der Waals surface area contributed by atoms with Gasteiger partial charge in [-0.15, -0.1) is 0 Å². The maximum absolute atomic E-state index is 14.1. The first-order valence-electron chi connectivity index (χ1n) is 11.9. The first kappa shape index (κ1) is 22.0. The second-order valence-corrected chi connectivity index (χ2v) is 9.41. The highest BCUT2D eigenvalue weighted by Crippen LogP contribution is 2.35. The van der Waals surface area contributed by atoms with E-state index in [0.29, 0.717) is 6.04 Å². The van der Waals surface area contributed by atoms with Crippen LogP contribution in [0.15, 0.2) is 73.2 Å². The fourth-order valence-corrected chi connectivity index (χ4v) is 4.71. The molecule has 0 saturated carbocycles. The summed E-state index contributed by atoms with van der Waals surface area (Å²) in [5, 5.41) is 13.1. The Labute approximate surface area is 207 Å². The molecule has 0 aliphatic rings. The molecule has 7 heteroatoms. The van der Waals surface area contributed by atoms with Gasteiger partial charge in [0.2, 0.25) is 0 Å². The second kappa shape index (κ2) is 8.61. The van der Waals surface area contributed by atoms with Crippen LogP contribution in [0.3, 0.4) is 0 Å². The van der Waals surface area contributed by atoms with Crippen molar-refractivity contribution in [1.82, 2.24) is 25.1 Å². The van der Waals surface area contributed by atoms with Gasteiger partial charge in [-0.2, -0.15) is 5.10 Å². The minimum atomic E-state index is -0.251. The van der Waals surface area contributed by atoms with Gasteiger partial charge in [0.15, 0.2) is 0 Å². The van der Waals surface area contributed by atoms with Crippen LogP contribution in [-0.2, 0) is 0 Å². The number of rotatable bonds is 5. The number of aryl methyl sites for hydroxylation is 1. The van der Waals surface area contributed by atoms with Crippen molar-refractivity contribution in [2.24, 2.45) is 0 Å². The lowest BCUT2D eigenvalue weighted by atomic mass is 10.0. The quantitative estimate of drug-likeness (QED) is 0.248. The smallest absolute Gasteiger partial charge is 0.138 e. The van der Waals surface area contributed by atoms with Gasteiger partial charge in [-0.3, -0.25) is 10.1 Å². The Morgan fingerprint density at radius 2 is 1.78 bits per heavy atom. The molecule has 0 unspecified atom stereocenters. The van der Waals surface area contributed by atoms with Crippen molar-refractivity contribution in [3.05, 3.63) is 84.6 Å². The lowest BCUT2D eigenvalue weighted by molar-refractivity contribution is 0.627. The zero-order valence-corrected chi connectivity index (χ0v) is 20.2. The summed E-state index contributed by atoms with van der Waals surface area (Å²) in [6, 6.07) is 17.7. The Hall–Kier alpha value is -4.52. The highest BCUT2D eigenvalue weighted by atomic mass is 19.1. The number of aromatic nitrogens is 5. The lowest BCUT2D eigenvalue weighted by Gasteiger charge is -2.11. The van der Waals surface area contributed by atoms with Crippen LogP contribution in [0.25, 0.3) is 55.6 Å². The van der Waals surface area contributed by atoms with Crippen LogP contribution >= 0.6 is 0 Å². The largest absolute Gasteiger partial charge is 0.382 e. The molecule has 3 N–H and O–H groups in total. The normalized spacial score (nSPS) is 11.6. The third-order valence-electron chi connectivity index (χ3n) is 6.23. The molecule has 0 spiro atoms. The molecule has 2 aromatic carbocycles. The van der Waals surface area contributed by atoms with Crippen molar-refractivity contribution in [1.29, 1.82) is 0 Å². The molecular weight excluding hydrogens is 451 g/mol. The number of benzene rings is 2. The van der Waals surface area contributed by atoms with Gasteiger partial charge in [-0.1, -0.05) is 12.1 Å². The van der Waals surface area contributed by atoms with Gasteiger partial charge in [-0.05, 0) is 85.5 Å². The molecule has 6 aromatic rings. The van der Waals surface area contributed by atoms with Gasteiger partial charge in [-0.25, -0.2) is 9.37 Å². The number of H-pyrrole nitrogens is 2. The fourth-order valence-electron chi connectivity index (χ4n) is 4.71. The van der Waals surface area contributed by atoms with E-state index in [2.05, 4.69) is 62.5 Å². The Bertz CT molecular complexity index is 1710. The number of halogens is 1. The SMILES string of the molecule is Cc1cc(F)cc(-c2ccnc3[nH]c(-c4n[nH]c5ccc(-c6cncc(NC(C)C)c6)cc45)cc23)c1. The molecule has 6 rings (SSSR count). The fraction of sp³-hybridized carbons (Fsp3) is 0.138. The average Bonchev–Trinajstić information content (AvgIpc) is 3.46. The van der Waals surface area contributed by atoms with Crippen LogP contribution in [0, 0.1) is 12.7 Å². The van der Waals surface area contributed by atoms with Gasteiger partial charge in [0.1, 0.15) is 17.2 Å². The van der Waals surface area contributed by atoms with E-state index in [9.17, 15) is 4.39 Å². The summed E-state index contributed by atoms with van der Waals surface area (Å²) in [5.41, 5.74) is 8.99. The maximum atomic E-state index is 14.1. The molecule has 178 valence electrons. The average molecular weight is 477 g/mol. The monoisotopic (exact) mass is 476 g/mol. The van der Waals surface area contributed by atoms with Gasteiger partial charge in [0.05, 0.1) is 16.9 Å². The summed E-state index contributed by atoms with van der Waals surface area (Å²) < 4.78 is 14.1. The van der Waals surface area contributed by atoms with E-state index in [0.717, 1.165) is 66.8 Å². The van der Waals surface area contributed by atoms with Crippen molar-refractivity contribution in [2.75, 3.05) is 5.32 Å². The van der Waals surface area contributed by atoms with Crippen molar-refractivity contribution in [2.45, 2.75) is 26.8 Å². The summed E-state index contributed by atoms with van der Waals surface area (Å²) in [7, 11) is 0. The van der Waals surface area contributed by atoms with Gasteiger partial charge < -0.3 is 10.3 Å². The molecule has 0 radical (unpaired) electrons. The third kappa shape index (κ3) is 3.98. The van der Waals surface area contributed by atoms with Crippen molar-refractivity contribution in [3.8, 4) is 33.6 Å². The number of fused-ring (bicyclic) bond motifs is 2. The first-order chi connectivity index (χ1) is 17.4. The van der Waals surface area contributed by atoms with Gasteiger partial charge >= 0.3 is 0 Å². The minimum Gasteiger partial charge on any atom is -0.382 e. The molecule has 0 aliphatic carbocycles. The molecule has 0 saturated heterocycles. The predicted molar refractivity (Wildman–Crippen MR) is 143 cm³/mol. The Kier molecular flexibility index (Phi) is 5.25. The summed E-state index contributed by atoms with van der Waals surface area (Å²) >= 11 is 0. The molecule has 36 heavy (non-hydrogen) atoms. The van der Waals surface area contributed by atoms with E-state index < -0.39 is 0 Å². The number of pyridine rings is 2. The second-order valence-electron chi connectivity index (χ2n) is 9.41. The van der Waals surface area contributed by atoms with E-state index in [1.807, 2.05) is 43.6 Å². The molecule has 6 nitrogen and oxygen atoms in total. The molecule has 0 amide bonds. The van der Waals surface area contributed by atoms with Gasteiger partial charge in [0.25, 0.3) is 0 Å². The number of hydrogen-bond acceptors (Lipinski definition) is 4. The zero-order chi connectivity index (χ0) is 24.8. The third-order valence-corrected chi connectivity index (χ3v) is 6.23. The standard InChI is InChI=1S/C29H25FN6/c1-16(2)33-22-11-20(14-31-15-22)18-4-5-26-25(12-18)28(36-35-26)27-13-24-23(6-7-32-29(24)34-27)19-8-17(3)9-21(30)10-19/h4-16,33H,1-3H3,(H,32,34)(H,35,36). The summed E-state index contributed by atoms with van der Waals surface area (Å²) in [6.07, 6.45) is 5.44. The molecule has 0 aliphatic heterocycles. The van der Waals surface area contributed by atoms with Crippen LogP contribution in [0.1, 0.15) is 19.4 Å². The molecule has 0 bridgehead atoms. The summed E-state index contributed by atoms with van der Waals surface area (Å²) in [5.74, 6) is -0.251. The van der Waals surface area contributed by atoms with E-state index in [4.69, 9.17) is 0 Å². The summed E-state index contributed by atoms with van der Waals surface area (Å²) in [4.78, 5) is 12.3. The number of nitrogens with zero attached hydrogens (tertiary/aromatic N) is 3. The molecule has 0 fully saturated rings. The molecular formula is C29H25FN6. The van der Waals surface area contributed by atoms with Crippen LogP contribution in [0.5, 0.6) is 0 Å². The van der Waals surface area contributed by atoms with E-state index in [1.54, 1.807) is 12.3 Å². The van der Waals surface area contributed by atoms with Crippen molar-refractivity contribution < 1.29 is 4.39 Å². The first-order valence-corrected chi connectivity index (χ1v) is 11.9. The Morgan fingerprint density at radius 3 is 2.61 bits per heavy atom. The number of hydrogen-bond donors (Lipinski definition) is 3. The molecule has 4 aromatic heterocycles. The van der Waals surface area contributed by atoms with Crippen molar-refractivity contribution >= 4 is 27.6 Å². The number of aromatic amines is 2. The minimum absolute atomic E-state index is 0.251. The van der Waals surface area contributed by atoms with E-state index in [-0.39, 0.29) is 5.82 Å². The topological polar surface area (TPSA) is 82.3 Å². The van der Waals surface area contributed by atoms with E-state index in [1.165, 1.54) is 6.07 Å². The summed E-state index contributed by atoms with van der Waals surface area (Å²) in [6.45, 7) is 6.10. The van der Waals surface area contributed by atoms with Gasteiger partial charge in [0, 0.05) is 41.0 Å². The van der Waals surface area contributed by atoms with Crippen LogP contribution in [0.2, 0.25) is 0 Å². The van der Waals surface area contributed by atoms with Crippen LogP contribution in [0.4, 0.5) is 10.1 Å². The van der Waals surface area contributed by atoms with Crippen LogP contribution in [-0.4, -0.2) is 31.2 Å². The highest BCUT2D eigenvalue weighted by molar-refractivity contribution is 6.00. The van der Waals surface area contributed by atoms with Crippen LogP contribution < -0.4 is 5.32 Å². The van der Waals surface area contributed by atoms with E-state index >= 15 is 0 Å². The number of anilines is 1. The number of nitrogens with one attached hydrogen (secondary N) is 3. The molecule has 0 atom stereocenters. The molecule has 4 heterocycles. The predicted octanol–water partition coefficient (Wildman–Crippen LogP) is 7.10. The maximum Gasteiger partial charge on any atom is 0.138 e. The zero-order valence-electron chi connectivity index (χ0n) is 20.2. The Morgan fingerprint density at radius 1 is 0.889 bits per heavy atom. The lowest BCUT2D eigenvalue weighted by Crippen LogP contribution is -2.09. The van der Waals surface area contributed by atoms with Crippen molar-refractivity contribution in [3.63, 3.8) is 0 Å². The highest BCUT2D eigenvalue weighted by Gasteiger charge is 2.15.